The molecule has 0 spiro atoms. The Kier molecular flexibility index (Phi) is 15.3. The smallest absolute Gasteiger partial charge is 0.286 e. The number of hydrogen-bond donors (Lipinski definition) is 3. The largest absolute Gasteiger partial charge is 0.495 e. The zero-order valence-corrected chi connectivity index (χ0v) is 31.7. The number of nitrogens with zero attached hydrogens (tertiary/aromatic N) is 4. The number of aryl methyl sites for hydroxylation is 1. The highest BCUT2D eigenvalue weighted by molar-refractivity contribution is 6.13. The third-order valence-electron chi connectivity index (χ3n) is 8.83. The number of unbranched alkanes of at least 4 members (excludes halogenated alkanes) is 2. The van der Waals surface area contributed by atoms with Crippen molar-refractivity contribution in [3.63, 3.8) is 0 Å². The lowest BCUT2D eigenvalue weighted by atomic mass is 10.1. The standard InChI is InChI=1S/C37H45N7O6.2ClH/c1-24-13-16-29(31(22-24)50-21-8-6-7-12-32(45)44-19-17-42(3)18-20-44)43(4)37(48)25-14-15-27(30(23-25)49-5)40-35(46)26-10-9-11-28-33(26)41-34(39-28)36(47)38-2;;/h9-11,13-16,22-23H,6-8,12,17-21H2,1-5H3,(H,38,47)(H,39,41)(H,40,46);2*1H. The van der Waals surface area contributed by atoms with Crippen LogP contribution in [0.3, 0.4) is 0 Å². The lowest BCUT2D eigenvalue weighted by Crippen LogP contribution is -2.47. The van der Waals surface area contributed by atoms with E-state index >= 15 is 0 Å². The number of likely N-dealkylation sites (N-methyl/N-ethyl adjacent to an activating group) is 1. The maximum Gasteiger partial charge on any atom is 0.286 e. The van der Waals surface area contributed by atoms with Crippen LogP contribution in [0.15, 0.2) is 54.6 Å². The van der Waals surface area contributed by atoms with Crippen LogP contribution in [0.1, 0.15) is 62.6 Å². The summed E-state index contributed by atoms with van der Waals surface area (Å²) in [5.41, 5.74) is 3.49. The molecular formula is C37H47Cl2N7O6. The van der Waals surface area contributed by atoms with Gasteiger partial charge in [-0.15, -0.1) is 24.8 Å². The minimum Gasteiger partial charge on any atom is -0.495 e. The summed E-state index contributed by atoms with van der Waals surface area (Å²) in [4.78, 5) is 64.6. The molecule has 4 aromatic rings. The first-order chi connectivity index (χ1) is 24.1. The number of nitrogens with one attached hydrogen (secondary N) is 3. The van der Waals surface area contributed by atoms with E-state index in [0.29, 0.717) is 52.5 Å². The number of piperazine rings is 1. The van der Waals surface area contributed by atoms with Crippen LogP contribution in [0.4, 0.5) is 11.4 Å². The summed E-state index contributed by atoms with van der Waals surface area (Å²) in [6.07, 6.45) is 3.01. The maximum atomic E-state index is 13.7. The second-order valence-corrected chi connectivity index (χ2v) is 12.4. The third-order valence-corrected chi connectivity index (χ3v) is 8.83. The molecule has 2 heterocycles. The molecule has 0 atom stereocenters. The van der Waals surface area contributed by atoms with Gasteiger partial charge in [-0.2, -0.15) is 0 Å². The van der Waals surface area contributed by atoms with Gasteiger partial charge in [0.1, 0.15) is 17.0 Å². The van der Waals surface area contributed by atoms with Crippen molar-refractivity contribution in [2.24, 2.45) is 0 Å². The van der Waals surface area contributed by atoms with Crippen LogP contribution in [0.2, 0.25) is 0 Å². The molecule has 4 amide bonds. The monoisotopic (exact) mass is 755 g/mol. The lowest BCUT2D eigenvalue weighted by Gasteiger charge is -2.32. The van der Waals surface area contributed by atoms with Crippen molar-refractivity contribution in [3.8, 4) is 11.5 Å². The molecule has 3 N–H and O–H groups in total. The molecule has 1 aliphatic heterocycles. The first kappa shape index (κ1) is 41.6. The molecule has 1 saturated heterocycles. The van der Waals surface area contributed by atoms with Crippen molar-refractivity contribution >= 4 is 70.9 Å². The first-order valence-corrected chi connectivity index (χ1v) is 16.8. The average Bonchev–Trinajstić information content (AvgIpc) is 3.57. The first-order valence-electron chi connectivity index (χ1n) is 16.8. The van der Waals surface area contributed by atoms with Crippen LogP contribution in [-0.2, 0) is 4.79 Å². The number of hydrogen-bond acceptors (Lipinski definition) is 8. The van der Waals surface area contributed by atoms with Gasteiger partial charge in [0.05, 0.1) is 36.2 Å². The number of benzene rings is 3. The minimum atomic E-state index is -0.455. The molecule has 0 radical (unpaired) electrons. The van der Waals surface area contributed by atoms with Crippen LogP contribution in [0.5, 0.6) is 11.5 Å². The van der Waals surface area contributed by atoms with Crippen LogP contribution < -0.4 is 25.0 Å². The van der Waals surface area contributed by atoms with E-state index in [4.69, 9.17) is 9.47 Å². The molecule has 0 saturated carbocycles. The number of halogens is 2. The number of para-hydroxylation sites is 1. The SMILES string of the molecule is CNC(=O)c1nc2c(C(=O)Nc3ccc(C(=O)N(C)c4ccc(C)cc4OCCCCCC(=O)N4CCN(C)CC4)cc3OC)cccc2[nH]1.Cl.Cl. The molecule has 0 aliphatic carbocycles. The second kappa shape index (κ2) is 19.1. The molecule has 5 rings (SSSR count). The Morgan fingerprint density at radius 1 is 0.923 bits per heavy atom. The average molecular weight is 757 g/mol. The number of imidazole rings is 1. The number of aromatic nitrogens is 2. The number of amides is 4. The number of carbonyl (C=O) groups is 4. The summed E-state index contributed by atoms with van der Waals surface area (Å²) < 4.78 is 11.7. The summed E-state index contributed by atoms with van der Waals surface area (Å²) in [5, 5.41) is 5.35. The Morgan fingerprint density at radius 3 is 2.38 bits per heavy atom. The Bertz CT molecular complexity index is 1880. The fourth-order valence-electron chi connectivity index (χ4n) is 5.83. The molecule has 15 heteroatoms. The van der Waals surface area contributed by atoms with Crippen molar-refractivity contribution in [1.29, 1.82) is 0 Å². The van der Waals surface area contributed by atoms with Crippen molar-refractivity contribution in [2.75, 3.05) is 71.3 Å². The van der Waals surface area contributed by atoms with Gasteiger partial charge in [-0.1, -0.05) is 12.1 Å². The summed E-state index contributed by atoms with van der Waals surface area (Å²) >= 11 is 0. The number of aromatic amines is 1. The Morgan fingerprint density at radius 2 is 1.67 bits per heavy atom. The van der Waals surface area contributed by atoms with Gasteiger partial charge in [-0.05, 0) is 81.3 Å². The van der Waals surface area contributed by atoms with E-state index in [2.05, 4.69) is 32.5 Å². The molecule has 0 unspecified atom stereocenters. The molecule has 280 valence electrons. The summed E-state index contributed by atoms with van der Waals surface area (Å²) in [6, 6.07) is 15.5. The number of ether oxygens (including phenoxy) is 2. The van der Waals surface area contributed by atoms with Gasteiger partial charge in [0.2, 0.25) is 5.91 Å². The van der Waals surface area contributed by atoms with Gasteiger partial charge in [-0.3, -0.25) is 19.2 Å². The number of anilines is 2. The van der Waals surface area contributed by atoms with Crippen LogP contribution in [0, 0.1) is 6.92 Å². The predicted molar refractivity (Wildman–Crippen MR) is 207 cm³/mol. The highest BCUT2D eigenvalue weighted by Gasteiger charge is 2.22. The molecule has 52 heavy (non-hydrogen) atoms. The van der Waals surface area contributed by atoms with Gasteiger partial charge < -0.3 is 39.8 Å². The zero-order valence-electron chi connectivity index (χ0n) is 30.1. The van der Waals surface area contributed by atoms with Gasteiger partial charge in [0.15, 0.2) is 5.82 Å². The van der Waals surface area contributed by atoms with E-state index in [1.165, 1.54) is 19.1 Å². The molecule has 1 fully saturated rings. The fraction of sp³-hybridized carbons (Fsp3) is 0.378. The van der Waals surface area contributed by atoms with E-state index in [-0.39, 0.29) is 48.0 Å². The fourth-order valence-corrected chi connectivity index (χ4v) is 5.83. The zero-order chi connectivity index (χ0) is 35.8. The predicted octanol–water partition coefficient (Wildman–Crippen LogP) is 5.33. The van der Waals surface area contributed by atoms with Crippen molar-refractivity contribution in [3.05, 3.63) is 77.1 Å². The number of carbonyl (C=O) groups excluding carboxylic acids is 4. The van der Waals surface area contributed by atoms with Crippen molar-refractivity contribution in [2.45, 2.75) is 32.6 Å². The van der Waals surface area contributed by atoms with Gasteiger partial charge in [0, 0.05) is 52.3 Å². The van der Waals surface area contributed by atoms with E-state index in [9.17, 15) is 19.2 Å². The van der Waals surface area contributed by atoms with Crippen molar-refractivity contribution in [1.82, 2.24) is 25.1 Å². The normalized spacial score (nSPS) is 12.7. The van der Waals surface area contributed by atoms with Crippen LogP contribution in [0.25, 0.3) is 11.0 Å². The molecule has 13 nitrogen and oxygen atoms in total. The summed E-state index contributed by atoms with van der Waals surface area (Å²) in [5.74, 6) is 0.0610. The van der Waals surface area contributed by atoms with E-state index < -0.39 is 11.8 Å². The van der Waals surface area contributed by atoms with E-state index in [1.807, 2.05) is 30.0 Å². The lowest BCUT2D eigenvalue weighted by molar-refractivity contribution is -0.132. The maximum absolute atomic E-state index is 13.7. The number of fused-ring (bicyclic) bond motifs is 1. The van der Waals surface area contributed by atoms with Gasteiger partial charge >= 0.3 is 0 Å². The second-order valence-electron chi connectivity index (χ2n) is 12.4. The van der Waals surface area contributed by atoms with Gasteiger partial charge in [0.25, 0.3) is 17.7 Å². The number of methoxy groups -OCH3 is 1. The Balaban J connectivity index is 0.00000364. The number of H-pyrrole nitrogens is 1. The Labute approximate surface area is 316 Å². The minimum absolute atomic E-state index is 0. The van der Waals surface area contributed by atoms with Gasteiger partial charge in [-0.25, -0.2) is 4.98 Å². The van der Waals surface area contributed by atoms with Crippen molar-refractivity contribution < 1.29 is 28.7 Å². The summed E-state index contributed by atoms with van der Waals surface area (Å²) in [7, 11) is 6.72. The van der Waals surface area contributed by atoms with E-state index in [0.717, 1.165) is 51.0 Å². The highest BCUT2D eigenvalue weighted by Crippen LogP contribution is 2.32. The highest BCUT2D eigenvalue weighted by atomic mass is 35.5. The molecule has 1 aromatic heterocycles. The summed E-state index contributed by atoms with van der Waals surface area (Å²) in [6.45, 7) is 5.85. The van der Waals surface area contributed by atoms with E-state index in [1.54, 1.807) is 43.4 Å². The molecule has 3 aromatic carbocycles. The number of rotatable bonds is 13. The molecule has 1 aliphatic rings. The molecular weight excluding hydrogens is 709 g/mol. The third kappa shape index (κ3) is 9.93. The topological polar surface area (TPSA) is 149 Å². The quantitative estimate of drug-likeness (QED) is 0.155. The molecule has 0 bridgehead atoms. The Hall–Kier alpha value is -4.85. The van der Waals surface area contributed by atoms with Crippen LogP contribution in [-0.4, -0.2) is 104 Å². The van der Waals surface area contributed by atoms with Crippen LogP contribution >= 0.6 is 24.8 Å².